The number of methoxy groups -OCH3 is 1. The molecule has 2 aromatic carbocycles. The van der Waals surface area contributed by atoms with Crippen LogP contribution in [-0.2, 0) is 0 Å². The number of amides is 1. The fourth-order valence-electron chi connectivity index (χ4n) is 3.22. The maximum Gasteiger partial charge on any atom is 0.311 e. The van der Waals surface area contributed by atoms with E-state index in [0.29, 0.717) is 18.7 Å². The molecule has 0 aliphatic carbocycles. The van der Waals surface area contributed by atoms with E-state index < -0.39 is 4.92 Å². The normalized spacial score (nSPS) is 14.2. The number of piperazine rings is 1. The van der Waals surface area contributed by atoms with Gasteiger partial charge in [0.25, 0.3) is 5.91 Å². The summed E-state index contributed by atoms with van der Waals surface area (Å²) >= 11 is 0. The van der Waals surface area contributed by atoms with Gasteiger partial charge in [-0.1, -0.05) is 18.2 Å². The molecule has 7 heteroatoms. The summed E-state index contributed by atoms with van der Waals surface area (Å²) in [7, 11) is 1.37. The number of hydrogen-bond donors (Lipinski definition) is 0. The predicted molar refractivity (Wildman–Crippen MR) is 98.9 cm³/mol. The lowest BCUT2D eigenvalue weighted by Crippen LogP contribution is -2.49. The molecule has 0 bridgehead atoms. The Labute approximate surface area is 151 Å². The first-order valence-corrected chi connectivity index (χ1v) is 8.43. The number of para-hydroxylation sites is 1. The van der Waals surface area contributed by atoms with Crippen molar-refractivity contribution >= 4 is 17.3 Å². The molecule has 0 radical (unpaired) electrons. The zero-order valence-corrected chi connectivity index (χ0v) is 14.8. The molecule has 0 unspecified atom stereocenters. The van der Waals surface area contributed by atoms with Crippen LogP contribution in [0.1, 0.15) is 15.9 Å². The number of aryl methyl sites for hydroxylation is 1. The number of nitrogens with zero attached hydrogens (tertiary/aromatic N) is 3. The van der Waals surface area contributed by atoms with E-state index in [2.05, 4.69) is 24.0 Å². The third kappa shape index (κ3) is 3.46. The van der Waals surface area contributed by atoms with Crippen molar-refractivity contribution in [1.29, 1.82) is 0 Å². The first kappa shape index (κ1) is 17.7. The van der Waals surface area contributed by atoms with Crippen LogP contribution < -0.4 is 9.64 Å². The summed E-state index contributed by atoms with van der Waals surface area (Å²) in [5.41, 5.74) is 2.50. The molecule has 2 aromatic rings. The second-order valence-corrected chi connectivity index (χ2v) is 6.21. The van der Waals surface area contributed by atoms with Gasteiger partial charge in [0, 0.05) is 43.5 Å². The molecule has 0 spiro atoms. The number of carbonyl (C=O) groups excluding carboxylic acids is 1. The van der Waals surface area contributed by atoms with Gasteiger partial charge in [0.2, 0.25) is 0 Å². The highest BCUT2D eigenvalue weighted by Gasteiger charge is 2.25. The third-order valence-electron chi connectivity index (χ3n) is 4.65. The third-order valence-corrected chi connectivity index (χ3v) is 4.65. The molecule has 1 amide bonds. The average molecular weight is 355 g/mol. The van der Waals surface area contributed by atoms with Gasteiger partial charge in [0.15, 0.2) is 5.75 Å². The lowest BCUT2D eigenvalue weighted by molar-refractivity contribution is -0.385. The minimum absolute atomic E-state index is 0.149. The zero-order chi connectivity index (χ0) is 18.7. The molecular formula is C19H21N3O4. The Morgan fingerprint density at radius 3 is 2.42 bits per heavy atom. The molecule has 0 saturated carbocycles. The van der Waals surface area contributed by atoms with Crippen LogP contribution in [0, 0.1) is 17.0 Å². The molecule has 1 heterocycles. The van der Waals surface area contributed by atoms with Gasteiger partial charge in [0.05, 0.1) is 12.0 Å². The van der Waals surface area contributed by atoms with Crippen molar-refractivity contribution in [2.45, 2.75) is 6.92 Å². The molecule has 1 aliphatic rings. The SMILES string of the molecule is COc1ccc(C(=O)N2CCN(c3ccccc3C)CC2)cc1[N+](=O)[O-]. The van der Waals surface area contributed by atoms with Crippen LogP contribution in [-0.4, -0.2) is 49.0 Å². The maximum absolute atomic E-state index is 12.7. The van der Waals surface area contributed by atoms with E-state index in [1.165, 1.54) is 30.5 Å². The Balaban J connectivity index is 1.72. The van der Waals surface area contributed by atoms with Crippen molar-refractivity contribution in [3.63, 3.8) is 0 Å². The standard InChI is InChI=1S/C19H21N3O4/c1-14-5-3-4-6-16(14)20-9-11-21(12-10-20)19(23)15-7-8-18(26-2)17(13-15)22(24)25/h3-8,13H,9-12H2,1-2H3. The topological polar surface area (TPSA) is 75.9 Å². The summed E-state index contributed by atoms with van der Waals surface area (Å²) in [5, 5.41) is 11.2. The van der Waals surface area contributed by atoms with Crippen molar-refractivity contribution in [2.24, 2.45) is 0 Å². The molecule has 1 aliphatic heterocycles. The fourth-order valence-corrected chi connectivity index (χ4v) is 3.22. The van der Waals surface area contributed by atoms with E-state index in [9.17, 15) is 14.9 Å². The highest BCUT2D eigenvalue weighted by molar-refractivity contribution is 5.95. The molecule has 0 atom stereocenters. The first-order chi connectivity index (χ1) is 12.5. The smallest absolute Gasteiger partial charge is 0.311 e. The quantitative estimate of drug-likeness (QED) is 0.623. The molecule has 26 heavy (non-hydrogen) atoms. The van der Waals surface area contributed by atoms with Gasteiger partial charge in [-0.15, -0.1) is 0 Å². The number of rotatable bonds is 4. The van der Waals surface area contributed by atoms with Gasteiger partial charge in [-0.2, -0.15) is 0 Å². The second kappa shape index (κ2) is 7.43. The van der Waals surface area contributed by atoms with Crippen LogP contribution in [0.3, 0.4) is 0 Å². The number of nitro benzene ring substituents is 1. The molecule has 7 nitrogen and oxygen atoms in total. The van der Waals surface area contributed by atoms with E-state index in [-0.39, 0.29) is 17.3 Å². The molecule has 3 rings (SSSR count). The Kier molecular flexibility index (Phi) is 5.06. The van der Waals surface area contributed by atoms with Crippen molar-refractivity contribution in [1.82, 2.24) is 4.90 Å². The van der Waals surface area contributed by atoms with Crippen LogP contribution in [0.2, 0.25) is 0 Å². The van der Waals surface area contributed by atoms with Gasteiger partial charge in [0.1, 0.15) is 0 Å². The van der Waals surface area contributed by atoms with Crippen molar-refractivity contribution in [3.05, 3.63) is 63.7 Å². The minimum Gasteiger partial charge on any atom is -0.490 e. The highest BCUT2D eigenvalue weighted by atomic mass is 16.6. The number of hydrogen-bond acceptors (Lipinski definition) is 5. The predicted octanol–water partition coefficient (Wildman–Crippen LogP) is 2.87. The van der Waals surface area contributed by atoms with Gasteiger partial charge in [-0.05, 0) is 30.7 Å². The van der Waals surface area contributed by atoms with Crippen LogP contribution >= 0.6 is 0 Å². The number of carbonyl (C=O) groups is 1. The van der Waals surface area contributed by atoms with Gasteiger partial charge in [-0.25, -0.2) is 0 Å². The molecule has 0 N–H and O–H groups in total. The summed E-state index contributed by atoms with van der Waals surface area (Å²) in [6.45, 7) is 4.69. The van der Waals surface area contributed by atoms with E-state index in [0.717, 1.165) is 13.1 Å². The van der Waals surface area contributed by atoms with Gasteiger partial charge in [-0.3, -0.25) is 14.9 Å². The van der Waals surface area contributed by atoms with Crippen LogP contribution in [0.25, 0.3) is 0 Å². The van der Waals surface area contributed by atoms with E-state index in [1.54, 1.807) is 11.0 Å². The number of anilines is 1. The molecule has 136 valence electrons. The van der Waals surface area contributed by atoms with Crippen LogP contribution in [0.4, 0.5) is 11.4 Å². The lowest BCUT2D eigenvalue weighted by Gasteiger charge is -2.36. The first-order valence-electron chi connectivity index (χ1n) is 8.43. The lowest BCUT2D eigenvalue weighted by atomic mass is 10.1. The van der Waals surface area contributed by atoms with Crippen molar-refractivity contribution < 1.29 is 14.5 Å². The molecule has 0 aromatic heterocycles. The average Bonchev–Trinajstić information content (AvgIpc) is 2.67. The summed E-state index contributed by atoms with van der Waals surface area (Å²) < 4.78 is 4.99. The Hall–Kier alpha value is -3.09. The molecule has 1 saturated heterocycles. The summed E-state index contributed by atoms with van der Waals surface area (Å²) in [6.07, 6.45) is 0. The van der Waals surface area contributed by atoms with E-state index >= 15 is 0 Å². The van der Waals surface area contributed by atoms with Crippen molar-refractivity contribution in [3.8, 4) is 5.75 Å². The van der Waals surface area contributed by atoms with Crippen LogP contribution in [0.15, 0.2) is 42.5 Å². The minimum atomic E-state index is -0.536. The Morgan fingerprint density at radius 2 is 1.81 bits per heavy atom. The van der Waals surface area contributed by atoms with Crippen molar-refractivity contribution in [2.75, 3.05) is 38.2 Å². The highest BCUT2D eigenvalue weighted by Crippen LogP contribution is 2.28. The monoisotopic (exact) mass is 355 g/mol. The Morgan fingerprint density at radius 1 is 1.12 bits per heavy atom. The maximum atomic E-state index is 12.7. The fraction of sp³-hybridized carbons (Fsp3) is 0.316. The zero-order valence-electron chi connectivity index (χ0n) is 14.8. The summed E-state index contributed by atoms with van der Waals surface area (Å²) in [5.74, 6) is -0.0453. The molecular weight excluding hydrogens is 334 g/mol. The number of benzene rings is 2. The van der Waals surface area contributed by atoms with Gasteiger partial charge < -0.3 is 14.5 Å². The summed E-state index contributed by atoms with van der Waals surface area (Å²) in [4.78, 5) is 27.3. The number of ether oxygens (including phenoxy) is 1. The van der Waals surface area contributed by atoms with E-state index in [1.807, 2.05) is 12.1 Å². The second-order valence-electron chi connectivity index (χ2n) is 6.21. The van der Waals surface area contributed by atoms with Gasteiger partial charge >= 0.3 is 5.69 Å². The Bertz CT molecular complexity index is 829. The number of nitro groups is 1. The van der Waals surface area contributed by atoms with E-state index in [4.69, 9.17) is 4.74 Å². The molecule has 1 fully saturated rings. The summed E-state index contributed by atoms with van der Waals surface area (Å²) in [6, 6.07) is 12.5. The largest absolute Gasteiger partial charge is 0.490 e. The van der Waals surface area contributed by atoms with Crippen LogP contribution in [0.5, 0.6) is 5.75 Å².